The van der Waals surface area contributed by atoms with E-state index in [0.717, 1.165) is 11.3 Å². The van der Waals surface area contributed by atoms with Crippen LogP contribution in [0.5, 0.6) is 0 Å². The number of hydrogen-bond acceptors (Lipinski definition) is 5. The summed E-state index contributed by atoms with van der Waals surface area (Å²) in [6.45, 7) is 1.33. The molecule has 1 N–H and O–H groups in total. The lowest BCUT2D eigenvalue weighted by atomic mass is 10.1. The van der Waals surface area contributed by atoms with Crippen LogP contribution < -0.4 is 5.32 Å². The lowest BCUT2D eigenvalue weighted by Crippen LogP contribution is -2.39. The third-order valence-electron chi connectivity index (χ3n) is 4.43. The quantitative estimate of drug-likeness (QED) is 0.735. The smallest absolute Gasteiger partial charge is 0.270 e. The van der Waals surface area contributed by atoms with Crippen molar-refractivity contribution in [1.82, 2.24) is 30.2 Å². The predicted octanol–water partition coefficient (Wildman–Crippen LogP) is 1.15. The number of benzene rings is 1. The highest BCUT2D eigenvalue weighted by atomic mass is 16.2. The van der Waals surface area contributed by atoms with Crippen LogP contribution in [0, 0.1) is 0 Å². The number of pyridine rings is 1. The standard InChI is InChI=1S/C19H18N6O2/c26-18-13-25-17(12-24(18)11-14-6-2-1-3-7-14)16(22-23-25)10-21-19(27)15-8-4-5-9-20-15/h1-9H,10-13H2,(H,21,27). The Morgan fingerprint density at radius 1 is 1.07 bits per heavy atom. The molecular formula is C19H18N6O2. The summed E-state index contributed by atoms with van der Waals surface area (Å²) in [4.78, 5) is 30.4. The summed E-state index contributed by atoms with van der Waals surface area (Å²) in [5, 5.41) is 11.0. The monoisotopic (exact) mass is 362 g/mol. The van der Waals surface area contributed by atoms with E-state index in [-0.39, 0.29) is 24.9 Å². The first-order valence-corrected chi connectivity index (χ1v) is 8.63. The highest BCUT2D eigenvalue weighted by Gasteiger charge is 2.27. The van der Waals surface area contributed by atoms with Crippen molar-refractivity contribution in [2.75, 3.05) is 0 Å². The van der Waals surface area contributed by atoms with Gasteiger partial charge in [-0.25, -0.2) is 4.68 Å². The summed E-state index contributed by atoms with van der Waals surface area (Å²) >= 11 is 0. The fourth-order valence-electron chi connectivity index (χ4n) is 3.00. The second-order valence-corrected chi connectivity index (χ2v) is 6.27. The van der Waals surface area contributed by atoms with E-state index in [1.807, 2.05) is 30.3 Å². The fraction of sp³-hybridized carbons (Fsp3) is 0.211. The number of rotatable bonds is 5. The Hall–Kier alpha value is -3.55. The Kier molecular flexibility index (Phi) is 4.61. The van der Waals surface area contributed by atoms with E-state index < -0.39 is 0 Å². The zero-order valence-corrected chi connectivity index (χ0v) is 14.6. The van der Waals surface area contributed by atoms with E-state index in [9.17, 15) is 9.59 Å². The summed E-state index contributed by atoms with van der Waals surface area (Å²) in [5.74, 6) is -0.272. The molecule has 0 unspecified atom stereocenters. The van der Waals surface area contributed by atoms with Gasteiger partial charge in [0.25, 0.3) is 5.91 Å². The van der Waals surface area contributed by atoms with Crippen LogP contribution in [-0.4, -0.2) is 36.7 Å². The molecule has 3 heterocycles. The molecule has 1 aliphatic rings. The molecule has 0 spiro atoms. The van der Waals surface area contributed by atoms with Gasteiger partial charge in [-0.15, -0.1) is 5.10 Å². The minimum atomic E-state index is -0.273. The van der Waals surface area contributed by atoms with Crippen LogP contribution in [-0.2, 0) is 31.0 Å². The SMILES string of the molecule is O=C(NCc1nnn2c1CN(Cc1ccccc1)C(=O)C2)c1ccccn1. The summed E-state index contributed by atoms with van der Waals surface area (Å²) in [5.41, 5.74) is 2.91. The second-order valence-electron chi connectivity index (χ2n) is 6.27. The van der Waals surface area contributed by atoms with Crippen LogP contribution in [0.4, 0.5) is 0 Å². The molecule has 0 radical (unpaired) electrons. The molecule has 0 saturated carbocycles. The number of carbonyl (C=O) groups is 2. The first kappa shape index (κ1) is 16.9. The van der Waals surface area contributed by atoms with Crippen molar-refractivity contribution in [3.63, 3.8) is 0 Å². The molecule has 0 aliphatic carbocycles. The number of nitrogens with zero attached hydrogens (tertiary/aromatic N) is 5. The van der Waals surface area contributed by atoms with Crippen LogP contribution in [0.25, 0.3) is 0 Å². The molecule has 3 aromatic rings. The molecule has 2 amide bonds. The zero-order valence-electron chi connectivity index (χ0n) is 14.6. The number of hydrogen-bond donors (Lipinski definition) is 1. The molecule has 2 aromatic heterocycles. The van der Waals surface area contributed by atoms with Crippen molar-refractivity contribution in [3.05, 3.63) is 77.4 Å². The van der Waals surface area contributed by atoms with Crippen molar-refractivity contribution in [2.45, 2.75) is 26.2 Å². The molecule has 0 saturated heterocycles. The van der Waals surface area contributed by atoms with Gasteiger partial charge in [0.15, 0.2) is 0 Å². The molecule has 136 valence electrons. The Bertz CT molecular complexity index is 955. The Labute approximate surface area is 155 Å². The maximum absolute atomic E-state index is 12.4. The Morgan fingerprint density at radius 2 is 1.89 bits per heavy atom. The van der Waals surface area contributed by atoms with Crippen molar-refractivity contribution >= 4 is 11.8 Å². The minimum Gasteiger partial charge on any atom is -0.345 e. The largest absolute Gasteiger partial charge is 0.345 e. The molecule has 27 heavy (non-hydrogen) atoms. The fourth-order valence-corrected chi connectivity index (χ4v) is 3.00. The van der Waals surface area contributed by atoms with Gasteiger partial charge in [0.2, 0.25) is 5.91 Å². The average molecular weight is 362 g/mol. The number of amides is 2. The van der Waals surface area contributed by atoms with Gasteiger partial charge in [-0.2, -0.15) is 0 Å². The lowest BCUT2D eigenvalue weighted by Gasteiger charge is -2.27. The van der Waals surface area contributed by atoms with Gasteiger partial charge in [0.1, 0.15) is 17.9 Å². The van der Waals surface area contributed by atoms with E-state index in [1.54, 1.807) is 34.0 Å². The highest BCUT2D eigenvalue weighted by Crippen LogP contribution is 2.18. The van der Waals surface area contributed by atoms with Gasteiger partial charge in [0, 0.05) is 12.7 Å². The van der Waals surface area contributed by atoms with Crippen LogP contribution in [0.3, 0.4) is 0 Å². The van der Waals surface area contributed by atoms with Gasteiger partial charge in [0.05, 0.1) is 18.8 Å². The summed E-state index contributed by atoms with van der Waals surface area (Å²) in [6, 6.07) is 15.0. The molecule has 0 bridgehead atoms. The summed E-state index contributed by atoms with van der Waals surface area (Å²) in [7, 11) is 0. The van der Waals surface area contributed by atoms with E-state index in [4.69, 9.17) is 0 Å². The molecular weight excluding hydrogens is 344 g/mol. The Balaban J connectivity index is 1.45. The van der Waals surface area contributed by atoms with Gasteiger partial charge >= 0.3 is 0 Å². The van der Waals surface area contributed by atoms with Gasteiger partial charge in [-0.1, -0.05) is 41.6 Å². The van der Waals surface area contributed by atoms with Gasteiger partial charge in [-0.05, 0) is 17.7 Å². The minimum absolute atomic E-state index is 0.000300. The van der Waals surface area contributed by atoms with Crippen LogP contribution in [0.1, 0.15) is 27.4 Å². The maximum Gasteiger partial charge on any atom is 0.270 e. The average Bonchev–Trinajstić information content (AvgIpc) is 3.09. The van der Waals surface area contributed by atoms with Crippen molar-refractivity contribution in [2.24, 2.45) is 0 Å². The van der Waals surface area contributed by atoms with E-state index in [0.29, 0.717) is 24.5 Å². The van der Waals surface area contributed by atoms with Gasteiger partial charge in [-0.3, -0.25) is 14.6 Å². The first-order chi connectivity index (χ1) is 13.2. The molecule has 0 atom stereocenters. The normalized spacial score (nSPS) is 13.3. The van der Waals surface area contributed by atoms with Crippen LogP contribution in [0.2, 0.25) is 0 Å². The summed E-state index contributed by atoms with van der Waals surface area (Å²) < 4.78 is 1.60. The second kappa shape index (κ2) is 7.36. The van der Waals surface area contributed by atoms with E-state index >= 15 is 0 Å². The van der Waals surface area contributed by atoms with E-state index in [2.05, 4.69) is 20.6 Å². The third kappa shape index (κ3) is 3.69. The third-order valence-corrected chi connectivity index (χ3v) is 4.43. The van der Waals surface area contributed by atoms with E-state index in [1.165, 1.54) is 0 Å². The summed E-state index contributed by atoms with van der Waals surface area (Å²) in [6.07, 6.45) is 1.57. The first-order valence-electron chi connectivity index (χ1n) is 8.63. The highest BCUT2D eigenvalue weighted by molar-refractivity contribution is 5.92. The Morgan fingerprint density at radius 3 is 2.67 bits per heavy atom. The maximum atomic E-state index is 12.4. The molecule has 4 rings (SSSR count). The topological polar surface area (TPSA) is 93.0 Å². The zero-order chi connectivity index (χ0) is 18.6. The molecule has 8 nitrogen and oxygen atoms in total. The molecule has 0 fully saturated rings. The molecule has 1 aromatic carbocycles. The number of aromatic nitrogens is 4. The van der Waals surface area contributed by atoms with Crippen molar-refractivity contribution in [3.8, 4) is 0 Å². The van der Waals surface area contributed by atoms with Gasteiger partial charge < -0.3 is 10.2 Å². The van der Waals surface area contributed by atoms with Crippen LogP contribution in [0.15, 0.2) is 54.7 Å². The number of nitrogens with one attached hydrogen (secondary N) is 1. The van der Waals surface area contributed by atoms with Crippen molar-refractivity contribution in [1.29, 1.82) is 0 Å². The molecule has 1 aliphatic heterocycles. The number of carbonyl (C=O) groups excluding carboxylic acids is 2. The van der Waals surface area contributed by atoms with Crippen LogP contribution >= 0.6 is 0 Å². The predicted molar refractivity (Wildman–Crippen MR) is 96.1 cm³/mol. The van der Waals surface area contributed by atoms with Crippen molar-refractivity contribution < 1.29 is 9.59 Å². The lowest BCUT2D eigenvalue weighted by molar-refractivity contribution is -0.135. The molecule has 8 heteroatoms. The number of fused-ring (bicyclic) bond motifs is 1.